The van der Waals surface area contributed by atoms with Crippen LogP contribution in [0.15, 0.2) is 34.1 Å². The molecule has 0 amide bonds. The Hall–Kier alpha value is -1.94. The molecule has 2 aromatic heterocycles. The third kappa shape index (κ3) is 5.07. The van der Waals surface area contributed by atoms with Crippen molar-refractivity contribution in [2.75, 3.05) is 0 Å². The van der Waals surface area contributed by atoms with Crippen LogP contribution in [0, 0.1) is 0 Å². The summed E-state index contributed by atoms with van der Waals surface area (Å²) in [6.45, 7) is -0.606. The lowest BCUT2D eigenvalue weighted by Crippen LogP contribution is -2.26. The van der Waals surface area contributed by atoms with Gasteiger partial charge in [-0.05, 0) is 18.6 Å². The van der Waals surface area contributed by atoms with Crippen molar-refractivity contribution < 1.29 is 26.3 Å². The van der Waals surface area contributed by atoms with E-state index in [2.05, 4.69) is 0 Å². The minimum absolute atomic E-state index is 0.116. The summed E-state index contributed by atoms with van der Waals surface area (Å²) >= 11 is 11.0. The first-order valence-electron chi connectivity index (χ1n) is 7.25. The fourth-order valence-electron chi connectivity index (χ4n) is 2.25. The second kappa shape index (κ2) is 7.59. The number of aryl methyl sites for hydroxylation is 2. The lowest BCUT2D eigenvalue weighted by molar-refractivity contribution is -0.138. The van der Waals surface area contributed by atoms with Gasteiger partial charge >= 0.3 is 12.4 Å². The Morgan fingerprint density at radius 2 is 1.07 bits per heavy atom. The molecule has 12 heteroatoms. The zero-order valence-electron chi connectivity index (χ0n) is 13.2. The van der Waals surface area contributed by atoms with E-state index in [0.29, 0.717) is 33.7 Å². The van der Waals surface area contributed by atoms with Gasteiger partial charge in [-0.15, -0.1) is 0 Å². The molecule has 0 bridgehead atoms. The highest BCUT2D eigenvalue weighted by molar-refractivity contribution is 6.30. The van der Waals surface area contributed by atoms with Gasteiger partial charge in [-0.25, -0.2) is 0 Å². The lowest BCUT2D eigenvalue weighted by atomic mass is 10.2. The number of hydrogen-bond acceptors (Lipinski definition) is 2. The number of alkyl halides is 6. The van der Waals surface area contributed by atoms with Crippen LogP contribution in [-0.2, 0) is 25.4 Å². The maximum Gasteiger partial charge on any atom is 0.417 e. The number of nitrogens with zero attached hydrogens (tertiary/aromatic N) is 2. The van der Waals surface area contributed by atoms with Gasteiger partial charge in [-0.1, -0.05) is 23.2 Å². The minimum Gasteiger partial charge on any atom is -0.314 e. The maximum atomic E-state index is 12.8. The Morgan fingerprint density at radius 3 is 1.37 bits per heavy atom. The summed E-state index contributed by atoms with van der Waals surface area (Å²) in [5.41, 5.74) is -4.07. The van der Waals surface area contributed by atoms with Gasteiger partial charge < -0.3 is 9.13 Å². The SMILES string of the molecule is O=c1c(Cl)cc(C(F)(F)F)cn1CCCn1cc(C(F)(F)F)cc(Cl)c1=O. The molecule has 2 rings (SSSR count). The Labute approximate surface area is 157 Å². The molecule has 2 heterocycles. The molecule has 0 atom stereocenters. The van der Waals surface area contributed by atoms with Gasteiger partial charge in [0.05, 0.1) is 11.1 Å². The van der Waals surface area contributed by atoms with Gasteiger partial charge in [0.25, 0.3) is 11.1 Å². The number of halogens is 8. The number of rotatable bonds is 4. The quantitative estimate of drug-likeness (QED) is 0.667. The van der Waals surface area contributed by atoms with E-state index in [1.54, 1.807) is 0 Å². The molecule has 0 spiro atoms. The molecule has 0 N–H and O–H groups in total. The van der Waals surface area contributed by atoms with E-state index < -0.39 is 44.6 Å². The molecule has 0 saturated carbocycles. The molecule has 0 aromatic carbocycles. The van der Waals surface area contributed by atoms with Crippen LogP contribution < -0.4 is 11.1 Å². The monoisotopic (exact) mass is 434 g/mol. The summed E-state index contributed by atoms with van der Waals surface area (Å²) < 4.78 is 78.0. The van der Waals surface area contributed by atoms with Gasteiger partial charge in [0.1, 0.15) is 10.0 Å². The van der Waals surface area contributed by atoms with Crippen molar-refractivity contribution in [2.45, 2.75) is 31.9 Å². The van der Waals surface area contributed by atoms with Crippen LogP contribution in [0.1, 0.15) is 17.5 Å². The smallest absolute Gasteiger partial charge is 0.314 e. The predicted octanol–water partition coefficient (Wildman–Crippen LogP) is 4.44. The van der Waals surface area contributed by atoms with Gasteiger partial charge in [-0.3, -0.25) is 9.59 Å². The topological polar surface area (TPSA) is 44.0 Å². The fraction of sp³-hybridized carbons (Fsp3) is 0.333. The summed E-state index contributed by atoms with van der Waals surface area (Å²) in [4.78, 5) is 23.6. The van der Waals surface area contributed by atoms with Crippen LogP contribution in [0.4, 0.5) is 26.3 Å². The molecule has 0 aliphatic carbocycles. The van der Waals surface area contributed by atoms with E-state index in [9.17, 15) is 35.9 Å². The second-order valence-electron chi connectivity index (χ2n) is 5.50. The third-order valence-corrected chi connectivity index (χ3v) is 4.08. The van der Waals surface area contributed by atoms with Crippen LogP contribution in [0.3, 0.4) is 0 Å². The van der Waals surface area contributed by atoms with Gasteiger partial charge in [-0.2, -0.15) is 26.3 Å². The normalized spacial score (nSPS) is 12.4. The van der Waals surface area contributed by atoms with E-state index in [-0.39, 0.29) is 19.5 Å². The molecule has 148 valence electrons. The maximum absolute atomic E-state index is 12.8. The first-order valence-corrected chi connectivity index (χ1v) is 8.00. The van der Waals surface area contributed by atoms with Gasteiger partial charge in [0.2, 0.25) is 0 Å². The highest BCUT2D eigenvalue weighted by atomic mass is 35.5. The Balaban J connectivity index is 2.25. The Kier molecular flexibility index (Phi) is 6.00. The Morgan fingerprint density at radius 1 is 0.741 bits per heavy atom. The van der Waals surface area contributed by atoms with Gasteiger partial charge in [0.15, 0.2) is 0 Å². The second-order valence-corrected chi connectivity index (χ2v) is 6.31. The number of hydrogen-bond donors (Lipinski definition) is 0. The molecular weight excluding hydrogens is 425 g/mol. The van der Waals surface area contributed by atoms with Crippen molar-refractivity contribution >= 4 is 23.2 Å². The highest BCUT2D eigenvalue weighted by Crippen LogP contribution is 2.30. The zero-order valence-corrected chi connectivity index (χ0v) is 14.7. The van der Waals surface area contributed by atoms with E-state index >= 15 is 0 Å². The standard InChI is InChI=1S/C15H10Cl2F6N2O2/c16-10-4-8(14(18,19)20)6-24(12(10)26)2-1-3-25-7-9(15(21,22)23)5-11(17)13(25)27/h4-7H,1-3H2. The minimum atomic E-state index is -4.73. The van der Waals surface area contributed by atoms with E-state index in [4.69, 9.17) is 23.2 Å². The Bertz CT molecular complexity index is 885. The molecule has 27 heavy (non-hydrogen) atoms. The molecule has 0 aliphatic rings. The van der Waals surface area contributed by atoms with Crippen molar-refractivity contribution in [3.63, 3.8) is 0 Å². The van der Waals surface area contributed by atoms with Crippen molar-refractivity contribution in [3.8, 4) is 0 Å². The van der Waals surface area contributed by atoms with Crippen molar-refractivity contribution in [3.05, 3.63) is 66.4 Å². The number of aromatic nitrogens is 2. The summed E-state index contributed by atoms with van der Waals surface area (Å²) in [6.07, 6.45) is -8.48. The largest absolute Gasteiger partial charge is 0.417 e. The van der Waals surface area contributed by atoms with E-state index in [0.717, 1.165) is 0 Å². The van der Waals surface area contributed by atoms with Crippen molar-refractivity contribution in [2.24, 2.45) is 0 Å². The summed E-state index contributed by atoms with van der Waals surface area (Å²) in [5.74, 6) is 0. The zero-order chi connectivity index (χ0) is 20.6. The fourth-order valence-corrected chi connectivity index (χ4v) is 2.70. The van der Waals surface area contributed by atoms with Gasteiger partial charge in [0, 0.05) is 25.5 Å². The predicted molar refractivity (Wildman–Crippen MR) is 86.0 cm³/mol. The van der Waals surface area contributed by atoms with Crippen molar-refractivity contribution in [1.82, 2.24) is 9.13 Å². The number of pyridine rings is 2. The molecule has 0 fully saturated rings. The first kappa shape index (κ1) is 21.4. The van der Waals surface area contributed by atoms with Crippen molar-refractivity contribution in [1.29, 1.82) is 0 Å². The van der Waals surface area contributed by atoms with Crippen LogP contribution in [0.2, 0.25) is 10.0 Å². The van der Waals surface area contributed by atoms with Crippen LogP contribution in [0.25, 0.3) is 0 Å². The van der Waals surface area contributed by atoms with E-state index in [1.165, 1.54) is 0 Å². The lowest BCUT2D eigenvalue weighted by Gasteiger charge is -2.14. The average molecular weight is 435 g/mol. The van der Waals surface area contributed by atoms with E-state index in [1.807, 2.05) is 0 Å². The molecule has 0 saturated heterocycles. The summed E-state index contributed by atoms with van der Waals surface area (Å²) in [5, 5.41) is -1.30. The third-order valence-electron chi connectivity index (χ3n) is 3.54. The van der Waals surface area contributed by atoms with Crippen LogP contribution >= 0.6 is 23.2 Å². The van der Waals surface area contributed by atoms with Crippen LogP contribution in [-0.4, -0.2) is 9.13 Å². The average Bonchev–Trinajstić information content (AvgIpc) is 2.53. The molecule has 0 unspecified atom stereocenters. The molecule has 4 nitrogen and oxygen atoms in total. The molecule has 2 aromatic rings. The summed E-state index contributed by atoms with van der Waals surface area (Å²) in [6, 6.07) is 0.967. The highest BCUT2D eigenvalue weighted by Gasteiger charge is 2.33. The molecule has 0 radical (unpaired) electrons. The first-order chi connectivity index (χ1) is 12.3. The van der Waals surface area contributed by atoms with Crippen LogP contribution in [0.5, 0.6) is 0 Å². The molecule has 0 aliphatic heterocycles. The molecular formula is C15H10Cl2F6N2O2. The summed E-state index contributed by atoms with van der Waals surface area (Å²) in [7, 11) is 0.